The van der Waals surface area contributed by atoms with Gasteiger partial charge in [-0.15, -0.1) is 0 Å². The number of hydrogen-bond acceptors (Lipinski definition) is 1. The lowest BCUT2D eigenvalue weighted by atomic mass is 10.1. The topological polar surface area (TPSA) is 37.3 Å². The fourth-order valence-corrected chi connectivity index (χ4v) is 2.98. The fourth-order valence-electron chi connectivity index (χ4n) is 1.53. The van der Waals surface area contributed by atoms with Crippen LogP contribution in [0.5, 0.6) is 0 Å². The van der Waals surface area contributed by atoms with Gasteiger partial charge in [0.2, 0.25) is 0 Å². The predicted molar refractivity (Wildman–Crippen MR) is 55.0 cm³/mol. The van der Waals surface area contributed by atoms with Crippen LogP contribution >= 0.6 is 31.9 Å². The Hall–Kier alpha value is 0.430. The van der Waals surface area contributed by atoms with Crippen molar-refractivity contribution >= 4 is 37.8 Å². The van der Waals surface area contributed by atoms with Gasteiger partial charge in [-0.1, -0.05) is 44.7 Å². The van der Waals surface area contributed by atoms with Gasteiger partial charge in [0.25, 0.3) is 0 Å². The Morgan fingerprint density at radius 1 is 1.25 bits per heavy atom. The Labute approximate surface area is 89.0 Å². The molecule has 0 aliphatic heterocycles. The first-order chi connectivity index (χ1) is 5.63. The summed E-state index contributed by atoms with van der Waals surface area (Å²) in [7, 11) is 0. The summed E-state index contributed by atoms with van der Waals surface area (Å²) in [6.07, 6.45) is 4.02. The molecule has 4 heteroatoms. The van der Waals surface area contributed by atoms with Gasteiger partial charge < -0.3 is 5.11 Å². The van der Waals surface area contributed by atoms with Crippen molar-refractivity contribution in [3.8, 4) is 0 Å². The molecule has 1 fully saturated rings. The molecule has 1 aliphatic carbocycles. The van der Waals surface area contributed by atoms with Gasteiger partial charge in [0, 0.05) is 9.65 Å². The summed E-state index contributed by atoms with van der Waals surface area (Å²) in [4.78, 5) is 11.2. The molecule has 2 nitrogen and oxygen atoms in total. The van der Waals surface area contributed by atoms with Crippen LogP contribution in [0.4, 0.5) is 0 Å². The molecule has 1 saturated carbocycles. The third-order valence-electron chi connectivity index (χ3n) is 2.29. The van der Waals surface area contributed by atoms with Crippen LogP contribution in [-0.2, 0) is 4.79 Å². The maximum Gasteiger partial charge on any atom is 0.307 e. The summed E-state index contributed by atoms with van der Waals surface area (Å²) in [6.45, 7) is 0. The summed E-state index contributed by atoms with van der Waals surface area (Å²) in [6, 6.07) is 0. The lowest BCUT2D eigenvalue weighted by molar-refractivity contribution is -0.141. The monoisotopic (exact) mass is 299 g/mol. The van der Waals surface area contributed by atoms with E-state index in [4.69, 9.17) is 5.11 Å². The second kappa shape index (κ2) is 4.61. The first kappa shape index (κ1) is 10.5. The van der Waals surface area contributed by atoms with Crippen molar-refractivity contribution in [2.45, 2.75) is 35.3 Å². The van der Waals surface area contributed by atoms with Crippen LogP contribution in [0, 0.1) is 5.92 Å². The number of carboxylic acids is 1. The normalized spacial score (nSPS) is 37.3. The maximum atomic E-state index is 10.8. The van der Waals surface area contributed by atoms with Crippen molar-refractivity contribution in [1.29, 1.82) is 0 Å². The minimum atomic E-state index is -0.678. The van der Waals surface area contributed by atoms with Crippen LogP contribution in [0.15, 0.2) is 0 Å². The highest BCUT2D eigenvalue weighted by Gasteiger charge is 2.32. The summed E-state index contributed by atoms with van der Waals surface area (Å²) in [5.74, 6) is -0.903. The summed E-state index contributed by atoms with van der Waals surface area (Å²) < 4.78 is 0. The molecule has 0 saturated heterocycles. The first-order valence-corrected chi connectivity index (χ1v) is 5.97. The number of hydrogen-bond donors (Lipinski definition) is 1. The zero-order chi connectivity index (χ0) is 9.14. The van der Waals surface area contributed by atoms with E-state index in [1.165, 1.54) is 0 Å². The van der Waals surface area contributed by atoms with E-state index in [-0.39, 0.29) is 10.7 Å². The predicted octanol–water partition coefficient (Wildman–Crippen LogP) is 2.79. The molecule has 0 aromatic rings. The summed E-state index contributed by atoms with van der Waals surface area (Å²) in [5, 5.41) is 8.90. The summed E-state index contributed by atoms with van der Waals surface area (Å²) in [5.41, 5.74) is 0. The molecule has 0 heterocycles. The number of halogens is 2. The van der Waals surface area contributed by atoms with E-state index in [1.54, 1.807) is 0 Å². The average molecular weight is 301 g/mol. The van der Waals surface area contributed by atoms with Gasteiger partial charge >= 0.3 is 5.97 Å². The highest BCUT2D eigenvalue weighted by atomic mass is 79.9. The van der Waals surface area contributed by atoms with Crippen LogP contribution in [-0.4, -0.2) is 20.7 Å². The zero-order valence-electron chi connectivity index (χ0n) is 6.67. The van der Waals surface area contributed by atoms with Crippen molar-refractivity contribution < 1.29 is 9.90 Å². The van der Waals surface area contributed by atoms with Gasteiger partial charge in [-0.2, -0.15) is 0 Å². The van der Waals surface area contributed by atoms with E-state index in [0.29, 0.717) is 4.83 Å². The minimum Gasteiger partial charge on any atom is -0.481 e. The van der Waals surface area contributed by atoms with E-state index in [0.717, 1.165) is 25.7 Å². The molecule has 1 aliphatic rings. The fraction of sp³-hybridized carbons (Fsp3) is 0.875. The van der Waals surface area contributed by atoms with Gasteiger partial charge in [-0.05, 0) is 12.8 Å². The number of alkyl halides is 2. The lowest BCUT2D eigenvalue weighted by Gasteiger charge is -2.18. The van der Waals surface area contributed by atoms with E-state index in [9.17, 15) is 4.79 Å². The smallest absolute Gasteiger partial charge is 0.307 e. The standard InChI is InChI=1S/C8H12Br2O2/c9-6-4-2-1-3-5(7(6)10)8(11)12/h5-7H,1-4H2,(H,11,12)/i8+1. The molecule has 3 unspecified atom stereocenters. The van der Waals surface area contributed by atoms with Crippen molar-refractivity contribution in [2.24, 2.45) is 5.92 Å². The van der Waals surface area contributed by atoms with Crippen molar-refractivity contribution in [3.05, 3.63) is 0 Å². The Morgan fingerprint density at radius 2 is 1.83 bits per heavy atom. The Balaban J connectivity index is 2.64. The maximum absolute atomic E-state index is 10.8. The van der Waals surface area contributed by atoms with E-state index in [1.807, 2.05) is 0 Å². The number of rotatable bonds is 1. The molecule has 0 bridgehead atoms. The van der Waals surface area contributed by atoms with Gasteiger partial charge in [0.1, 0.15) is 0 Å². The van der Waals surface area contributed by atoms with Gasteiger partial charge in [0.15, 0.2) is 0 Å². The second-order valence-corrected chi connectivity index (χ2v) is 5.42. The third kappa shape index (κ3) is 2.46. The minimum absolute atomic E-state index is 0.0810. The molecule has 0 spiro atoms. The van der Waals surface area contributed by atoms with Gasteiger partial charge in [-0.3, -0.25) is 4.79 Å². The number of carbonyl (C=O) groups is 1. The Bertz CT molecular complexity index is 172. The van der Waals surface area contributed by atoms with Gasteiger partial charge in [-0.25, -0.2) is 0 Å². The third-order valence-corrected chi connectivity index (χ3v) is 5.31. The first-order valence-electron chi connectivity index (χ1n) is 4.14. The molecule has 1 rings (SSSR count). The van der Waals surface area contributed by atoms with Crippen LogP contribution in [0.2, 0.25) is 0 Å². The molecule has 70 valence electrons. The Morgan fingerprint density at radius 3 is 2.42 bits per heavy atom. The number of aliphatic carboxylic acids is 1. The van der Waals surface area contributed by atoms with Crippen LogP contribution in [0.1, 0.15) is 25.7 Å². The van der Waals surface area contributed by atoms with Crippen molar-refractivity contribution in [3.63, 3.8) is 0 Å². The van der Waals surface area contributed by atoms with Crippen LogP contribution in [0.25, 0.3) is 0 Å². The quantitative estimate of drug-likeness (QED) is 0.459. The van der Waals surface area contributed by atoms with Gasteiger partial charge in [0.05, 0.1) is 5.92 Å². The zero-order valence-corrected chi connectivity index (χ0v) is 9.84. The SMILES string of the molecule is O=[13C](O)C1CCCCC(Br)C1Br. The van der Waals surface area contributed by atoms with Crippen LogP contribution in [0.3, 0.4) is 0 Å². The Kier molecular flexibility index (Phi) is 4.03. The molecule has 0 radical (unpaired) electrons. The van der Waals surface area contributed by atoms with E-state index < -0.39 is 5.97 Å². The lowest BCUT2D eigenvalue weighted by Crippen LogP contribution is -2.28. The van der Waals surface area contributed by atoms with Crippen molar-refractivity contribution in [1.82, 2.24) is 0 Å². The molecular formula is C8H12Br2O2. The molecule has 3 atom stereocenters. The molecule has 12 heavy (non-hydrogen) atoms. The molecule has 0 amide bonds. The molecule has 0 aromatic carbocycles. The van der Waals surface area contributed by atoms with Crippen molar-refractivity contribution in [2.75, 3.05) is 0 Å². The highest BCUT2D eigenvalue weighted by molar-refractivity contribution is 9.12. The van der Waals surface area contributed by atoms with E-state index >= 15 is 0 Å². The second-order valence-electron chi connectivity index (χ2n) is 3.19. The average Bonchev–Trinajstić information content (AvgIpc) is 2.15. The molecule has 0 aromatic heterocycles. The molecular weight excluding hydrogens is 289 g/mol. The highest BCUT2D eigenvalue weighted by Crippen LogP contribution is 2.33. The number of carboxylic acid groups (broad SMARTS) is 1. The summed E-state index contributed by atoms with van der Waals surface area (Å²) >= 11 is 6.95. The van der Waals surface area contributed by atoms with Crippen LogP contribution < -0.4 is 0 Å². The van der Waals surface area contributed by atoms with E-state index in [2.05, 4.69) is 31.9 Å². The molecule has 1 N–H and O–H groups in total. The largest absolute Gasteiger partial charge is 0.481 e.